The first-order valence-corrected chi connectivity index (χ1v) is 9.37. The second-order valence-corrected chi connectivity index (χ2v) is 7.53. The van der Waals surface area contributed by atoms with E-state index in [2.05, 4.69) is 14.6 Å². The molecule has 1 aliphatic heterocycles. The maximum absolute atomic E-state index is 12.3. The number of anilines is 1. The number of sulfonamides is 1. The summed E-state index contributed by atoms with van der Waals surface area (Å²) in [5.74, 6) is 0.852. The summed E-state index contributed by atoms with van der Waals surface area (Å²) >= 11 is 0. The van der Waals surface area contributed by atoms with E-state index in [9.17, 15) is 8.42 Å². The number of morpholine rings is 1. The third-order valence-corrected chi connectivity index (χ3v) is 5.36. The van der Waals surface area contributed by atoms with Crippen molar-refractivity contribution in [3.8, 4) is 0 Å². The SMILES string of the molecule is Cc1ccc(S(=O)(=O)NCc2ccnc(N3CCOCC3)c2)cc1. The van der Waals surface area contributed by atoms with E-state index in [1.807, 2.05) is 19.1 Å². The summed E-state index contributed by atoms with van der Waals surface area (Å²) in [6.45, 7) is 5.12. The Labute approximate surface area is 142 Å². The summed E-state index contributed by atoms with van der Waals surface area (Å²) in [6, 6.07) is 10.5. The van der Waals surface area contributed by atoms with E-state index in [4.69, 9.17) is 4.74 Å². The van der Waals surface area contributed by atoms with E-state index < -0.39 is 10.0 Å². The normalized spacial score (nSPS) is 15.5. The lowest BCUT2D eigenvalue weighted by Gasteiger charge is -2.28. The van der Waals surface area contributed by atoms with E-state index in [1.54, 1.807) is 30.5 Å². The lowest BCUT2D eigenvalue weighted by molar-refractivity contribution is 0.122. The van der Waals surface area contributed by atoms with Crippen molar-refractivity contribution in [2.45, 2.75) is 18.4 Å². The summed E-state index contributed by atoms with van der Waals surface area (Å²) in [5.41, 5.74) is 1.90. The molecule has 1 fully saturated rings. The first kappa shape index (κ1) is 16.9. The molecular formula is C17H21N3O3S. The fourth-order valence-corrected chi connectivity index (χ4v) is 3.53. The van der Waals surface area contributed by atoms with Crippen LogP contribution in [0.15, 0.2) is 47.5 Å². The molecule has 128 valence electrons. The molecule has 6 nitrogen and oxygen atoms in total. The Balaban J connectivity index is 1.68. The van der Waals surface area contributed by atoms with Gasteiger partial charge in [-0.25, -0.2) is 18.1 Å². The summed E-state index contributed by atoms with van der Waals surface area (Å²) in [5, 5.41) is 0. The van der Waals surface area contributed by atoms with Crippen molar-refractivity contribution >= 4 is 15.8 Å². The van der Waals surface area contributed by atoms with Gasteiger partial charge in [0.2, 0.25) is 10.0 Å². The monoisotopic (exact) mass is 347 g/mol. The molecule has 0 atom stereocenters. The van der Waals surface area contributed by atoms with Crippen LogP contribution in [0.2, 0.25) is 0 Å². The van der Waals surface area contributed by atoms with Crippen molar-refractivity contribution in [2.75, 3.05) is 31.2 Å². The minimum Gasteiger partial charge on any atom is -0.378 e. The first-order valence-electron chi connectivity index (χ1n) is 7.88. The van der Waals surface area contributed by atoms with E-state index in [-0.39, 0.29) is 11.4 Å². The van der Waals surface area contributed by atoms with Gasteiger partial charge in [-0.3, -0.25) is 0 Å². The molecule has 2 heterocycles. The average molecular weight is 347 g/mol. The number of benzene rings is 1. The van der Waals surface area contributed by atoms with Crippen molar-refractivity contribution in [2.24, 2.45) is 0 Å². The van der Waals surface area contributed by atoms with Crippen LogP contribution in [0.5, 0.6) is 0 Å². The van der Waals surface area contributed by atoms with E-state index in [0.29, 0.717) is 13.2 Å². The zero-order valence-electron chi connectivity index (χ0n) is 13.6. The molecule has 0 amide bonds. The van der Waals surface area contributed by atoms with E-state index in [1.165, 1.54) is 0 Å². The molecule has 0 radical (unpaired) electrons. The van der Waals surface area contributed by atoms with Crippen LogP contribution in [0, 0.1) is 6.92 Å². The number of nitrogens with zero attached hydrogens (tertiary/aromatic N) is 2. The van der Waals surface area contributed by atoms with Crippen molar-refractivity contribution < 1.29 is 13.2 Å². The summed E-state index contributed by atoms with van der Waals surface area (Å²) < 4.78 is 32.7. The fourth-order valence-electron chi connectivity index (χ4n) is 2.52. The largest absolute Gasteiger partial charge is 0.378 e. The first-order chi connectivity index (χ1) is 11.5. The molecule has 24 heavy (non-hydrogen) atoms. The van der Waals surface area contributed by atoms with Crippen LogP contribution in [0.25, 0.3) is 0 Å². The van der Waals surface area contributed by atoms with Gasteiger partial charge in [0.1, 0.15) is 5.82 Å². The summed E-state index contributed by atoms with van der Waals surface area (Å²) in [7, 11) is -3.52. The molecule has 2 aromatic rings. The second-order valence-electron chi connectivity index (χ2n) is 5.76. The van der Waals surface area contributed by atoms with Crippen LogP contribution in [-0.4, -0.2) is 39.7 Å². The molecule has 3 rings (SSSR count). The van der Waals surface area contributed by atoms with Gasteiger partial charge in [-0.15, -0.1) is 0 Å². The van der Waals surface area contributed by atoms with Crippen LogP contribution < -0.4 is 9.62 Å². The van der Waals surface area contributed by atoms with Crippen LogP contribution in [-0.2, 0) is 21.3 Å². The number of nitrogens with one attached hydrogen (secondary N) is 1. The Hall–Kier alpha value is -1.96. The molecule has 0 aliphatic carbocycles. The molecule has 7 heteroatoms. The van der Waals surface area contributed by atoms with Crippen LogP contribution >= 0.6 is 0 Å². The highest BCUT2D eigenvalue weighted by atomic mass is 32.2. The summed E-state index contributed by atoms with van der Waals surface area (Å²) in [6.07, 6.45) is 1.71. The Kier molecular flexibility index (Phi) is 5.13. The topological polar surface area (TPSA) is 71.5 Å². The highest BCUT2D eigenvalue weighted by Gasteiger charge is 2.15. The minimum atomic E-state index is -3.52. The smallest absolute Gasteiger partial charge is 0.240 e. The zero-order chi connectivity index (χ0) is 17.0. The number of aryl methyl sites for hydroxylation is 1. The number of hydrogen-bond donors (Lipinski definition) is 1. The Morgan fingerprint density at radius 2 is 1.88 bits per heavy atom. The lowest BCUT2D eigenvalue weighted by Crippen LogP contribution is -2.36. The predicted octanol–water partition coefficient (Wildman–Crippen LogP) is 1.71. The van der Waals surface area contributed by atoms with Crippen LogP contribution in [0.3, 0.4) is 0 Å². The Morgan fingerprint density at radius 1 is 1.17 bits per heavy atom. The van der Waals surface area contributed by atoms with Gasteiger partial charge in [-0.1, -0.05) is 17.7 Å². The van der Waals surface area contributed by atoms with Crippen LogP contribution in [0.4, 0.5) is 5.82 Å². The van der Waals surface area contributed by atoms with Gasteiger partial charge in [0.05, 0.1) is 18.1 Å². The minimum absolute atomic E-state index is 0.232. The average Bonchev–Trinajstić information content (AvgIpc) is 2.61. The van der Waals surface area contributed by atoms with E-state index in [0.717, 1.165) is 30.0 Å². The van der Waals surface area contributed by atoms with Gasteiger partial charge in [0.15, 0.2) is 0 Å². The standard InChI is InChI=1S/C17H21N3O3S/c1-14-2-4-16(5-3-14)24(21,22)19-13-15-6-7-18-17(12-15)20-8-10-23-11-9-20/h2-7,12,19H,8-11,13H2,1H3. The van der Waals surface area contributed by atoms with Crippen molar-refractivity contribution in [1.82, 2.24) is 9.71 Å². The molecule has 0 bridgehead atoms. The number of hydrogen-bond acceptors (Lipinski definition) is 5. The van der Waals surface area contributed by atoms with Gasteiger partial charge >= 0.3 is 0 Å². The highest BCUT2D eigenvalue weighted by Crippen LogP contribution is 2.15. The number of ether oxygens (including phenoxy) is 1. The molecule has 1 N–H and O–H groups in total. The molecular weight excluding hydrogens is 326 g/mol. The molecule has 1 aromatic carbocycles. The van der Waals surface area contributed by atoms with Crippen molar-refractivity contribution in [3.63, 3.8) is 0 Å². The Morgan fingerprint density at radius 3 is 2.58 bits per heavy atom. The molecule has 1 aliphatic rings. The quantitative estimate of drug-likeness (QED) is 0.891. The zero-order valence-corrected chi connectivity index (χ0v) is 14.4. The van der Waals surface area contributed by atoms with Gasteiger partial charge in [-0.2, -0.15) is 0 Å². The maximum atomic E-state index is 12.3. The van der Waals surface area contributed by atoms with Gasteiger partial charge in [0, 0.05) is 25.8 Å². The Bertz CT molecular complexity index is 785. The molecule has 0 spiro atoms. The number of aromatic nitrogens is 1. The maximum Gasteiger partial charge on any atom is 0.240 e. The molecule has 0 unspecified atom stereocenters. The molecule has 1 saturated heterocycles. The van der Waals surface area contributed by atoms with E-state index >= 15 is 0 Å². The predicted molar refractivity (Wildman–Crippen MR) is 92.5 cm³/mol. The number of pyridine rings is 1. The van der Waals surface area contributed by atoms with Gasteiger partial charge < -0.3 is 9.64 Å². The second kappa shape index (κ2) is 7.29. The summed E-state index contributed by atoms with van der Waals surface area (Å²) in [4.78, 5) is 6.78. The third kappa shape index (κ3) is 4.11. The highest BCUT2D eigenvalue weighted by molar-refractivity contribution is 7.89. The number of rotatable bonds is 5. The van der Waals surface area contributed by atoms with Crippen LogP contribution in [0.1, 0.15) is 11.1 Å². The van der Waals surface area contributed by atoms with Crippen molar-refractivity contribution in [3.05, 3.63) is 53.7 Å². The fraction of sp³-hybridized carbons (Fsp3) is 0.353. The third-order valence-electron chi connectivity index (χ3n) is 3.94. The molecule has 0 saturated carbocycles. The van der Waals surface area contributed by atoms with Crippen molar-refractivity contribution in [1.29, 1.82) is 0 Å². The van der Waals surface area contributed by atoms with Gasteiger partial charge in [0.25, 0.3) is 0 Å². The lowest BCUT2D eigenvalue weighted by atomic mass is 10.2. The molecule has 1 aromatic heterocycles. The van der Waals surface area contributed by atoms with Gasteiger partial charge in [-0.05, 0) is 36.8 Å².